The van der Waals surface area contributed by atoms with Crippen LogP contribution in [0.4, 0.5) is 0 Å². The second-order valence-electron chi connectivity index (χ2n) is 9.65. The Balaban J connectivity index is 1.82. The highest BCUT2D eigenvalue weighted by atomic mass is 16.5. The fraction of sp³-hybridized carbons (Fsp3) is 0.462. The van der Waals surface area contributed by atoms with Gasteiger partial charge in [0.1, 0.15) is 17.2 Å². The van der Waals surface area contributed by atoms with Crippen LogP contribution >= 0.6 is 0 Å². The number of carbonyl (C=O) groups excluding carboxylic acids is 1. The van der Waals surface area contributed by atoms with Crippen molar-refractivity contribution in [2.24, 2.45) is 17.3 Å². The van der Waals surface area contributed by atoms with Gasteiger partial charge < -0.3 is 14.4 Å². The number of nitrogens with zero attached hydrogens (tertiary/aromatic N) is 2. The minimum absolute atomic E-state index is 0.125. The molecule has 1 saturated heterocycles. The first-order valence-corrected chi connectivity index (χ1v) is 11.2. The van der Waals surface area contributed by atoms with Gasteiger partial charge in [0.25, 0.3) is 11.5 Å². The summed E-state index contributed by atoms with van der Waals surface area (Å²) >= 11 is 0. The number of aromatic nitrogens is 1. The first-order chi connectivity index (χ1) is 15.2. The number of fused-ring (bicyclic) bond motifs is 2. The average molecular weight is 437 g/mol. The molecule has 1 amide bonds. The molecule has 1 saturated carbocycles. The van der Waals surface area contributed by atoms with Crippen molar-refractivity contribution in [3.05, 3.63) is 58.5 Å². The van der Waals surface area contributed by atoms with Crippen molar-refractivity contribution in [3.63, 3.8) is 0 Å². The Morgan fingerprint density at radius 1 is 1.16 bits per heavy atom. The molecule has 1 aromatic heterocycles. The second kappa shape index (κ2) is 8.49. The smallest absolute Gasteiger partial charge is 0.271 e. The van der Waals surface area contributed by atoms with Crippen LogP contribution in [0.1, 0.15) is 39.2 Å². The summed E-state index contributed by atoms with van der Waals surface area (Å²) in [7, 11) is 3.18. The molecule has 170 valence electrons. The summed E-state index contributed by atoms with van der Waals surface area (Å²) in [6.45, 7) is 7.57. The molecule has 1 aliphatic carbocycles. The van der Waals surface area contributed by atoms with Gasteiger partial charge >= 0.3 is 0 Å². The minimum Gasteiger partial charge on any atom is -0.497 e. The summed E-state index contributed by atoms with van der Waals surface area (Å²) in [5.74, 6) is 2.01. The summed E-state index contributed by atoms with van der Waals surface area (Å²) in [5, 5.41) is 0. The van der Waals surface area contributed by atoms with Gasteiger partial charge in [-0.25, -0.2) is 0 Å². The molecule has 2 aromatic rings. The Hall–Kier alpha value is -3.02. The zero-order chi connectivity index (χ0) is 23.0. The Morgan fingerprint density at radius 3 is 2.62 bits per heavy atom. The van der Waals surface area contributed by atoms with E-state index >= 15 is 0 Å². The fourth-order valence-corrected chi connectivity index (χ4v) is 5.37. The number of hydrogen-bond acceptors (Lipinski definition) is 4. The van der Waals surface area contributed by atoms with Gasteiger partial charge in [-0.2, -0.15) is 0 Å². The third-order valence-corrected chi connectivity index (χ3v) is 7.35. The number of likely N-dealkylation sites (tertiary alicyclic amines) is 1. The van der Waals surface area contributed by atoms with Crippen molar-refractivity contribution >= 4 is 17.7 Å². The van der Waals surface area contributed by atoms with Gasteiger partial charge in [-0.05, 0) is 60.4 Å². The number of pyridine rings is 1. The minimum atomic E-state index is -0.246. The van der Waals surface area contributed by atoms with Gasteiger partial charge in [-0.1, -0.05) is 26.8 Å². The molecule has 4 rings (SSSR count). The predicted molar refractivity (Wildman–Crippen MR) is 126 cm³/mol. The van der Waals surface area contributed by atoms with Crippen molar-refractivity contribution in [2.45, 2.75) is 39.7 Å². The van der Waals surface area contributed by atoms with Gasteiger partial charge in [-0.3, -0.25) is 14.2 Å². The molecule has 2 aliphatic rings. The maximum Gasteiger partial charge on any atom is 0.271 e. The summed E-state index contributed by atoms with van der Waals surface area (Å²) in [5.41, 5.74) is 0.942. The third-order valence-electron chi connectivity index (χ3n) is 7.35. The summed E-state index contributed by atoms with van der Waals surface area (Å²) in [6, 6.07) is 10.5. The number of amides is 1. The third kappa shape index (κ3) is 3.94. The number of carbonyl (C=O) groups is 1. The highest BCUT2D eigenvalue weighted by molar-refractivity contribution is 6.18. The van der Waals surface area contributed by atoms with Crippen LogP contribution in [0.2, 0.25) is 0 Å². The number of methoxy groups -OCH3 is 2. The van der Waals surface area contributed by atoms with Crippen molar-refractivity contribution in [2.75, 3.05) is 20.8 Å². The van der Waals surface area contributed by atoms with Gasteiger partial charge in [0.2, 0.25) is 0 Å². The predicted octanol–water partition coefficient (Wildman–Crippen LogP) is 4.15. The van der Waals surface area contributed by atoms with Crippen LogP contribution in [0.15, 0.2) is 47.4 Å². The van der Waals surface area contributed by atoms with Crippen molar-refractivity contribution in [1.29, 1.82) is 0 Å². The Morgan fingerprint density at radius 2 is 1.94 bits per heavy atom. The molecule has 0 radical (unpaired) electrons. The SMILES string of the molecule is COc1ccc(OC)c(C=C(C(=O)N2CC3CC2C(C)C(C)(C)C3)n2ccccc2=O)c1. The monoisotopic (exact) mass is 436 g/mol. The molecule has 2 fully saturated rings. The van der Waals surface area contributed by atoms with E-state index in [1.807, 2.05) is 11.0 Å². The van der Waals surface area contributed by atoms with Crippen LogP contribution in [0.5, 0.6) is 11.5 Å². The molecule has 6 heteroatoms. The summed E-state index contributed by atoms with van der Waals surface area (Å²) in [4.78, 5) is 28.7. The number of rotatable bonds is 5. The largest absolute Gasteiger partial charge is 0.497 e. The first-order valence-electron chi connectivity index (χ1n) is 11.2. The topological polar surface area (TPSA) is 60.8 Å². The lowest BCUT2D eigenvalue weighted by atomic mass is 9.65. The highest BCUT2D eigenvalue weighted by Crippen LogP contribution is 2.49. The highest BCUT2D eigenvalue weighted by Gasteiger charge is 2.49. The van der Waals surface area contributed by atoms with E-state index in [9.17, 15) is 9.59 Å². The van der Waals surface area contributed by atoms with Crippen LogP contribution in [0.3, 0.4) is 0 Å². The standard InChI is InChI=1S/C26H32N2O4/c1-17-21-12-18(15-26(17,2)3)16-28(21)25(30)22(27-11-7-6-8-24(27)29)14-19-13-20(31-4)9-10-23(19)32-5/h6-11,13-14,17-18,21H,12,15-16H2,1-5H3. The van der Waals surface area contributed by atoms with Gasteiger partial charge in [0, 0.05) is 30.4 Å². The molecule has 1 aromatic carbocycles. The molecule has 2 bridgehead atoms. The summed E-state index contributed by atoms with van der Waals surface area (Å²) < 4.78 is 12.3. The van der Waals surface area contributed by atoms with Crippen molar-refractivity contribution < 1.29 is 14.3 Å². The zero-order valence-corrected chi connectivity index (χ0v) is 19.5. The zero-order valence-electron chi connectivity index (χ0n) is 19.5. The van der Waals surface area contributed by atoms with E-state index in [1.165, 1.54) is 10.6 Å². The molecule has 0 N–H and O–H groups in total. The molecule has 0 spiro atoms. The van der Waals surface area contributed by atoms with E-state index < -0.39 is 0 Å². The molecule has 32 heavy (non-hydrogen) atoms. The lowest BCUT2D eigenvalue weighted by molar-refractivity contribution is -0.127. The van der Waals surface area contributed by atoms with Crippen LogP contribution in [0.25, 0.3) is 11.8 Å². The molecule has 2 heterocycles. The van der Waals surface area contributed by atoms with Crippen LogP contribution in [-0.2, 0) is 4.79 Å². The molecular formula is C26H32N2O4. The number of ether oxygens (including phenoxy) is 2. The Kier molecular flexibility index (Phi) is 5.89. The van der Waals surface area contributed by atoms with Gasteiger partial charge in [0.05, 0.1) is 14.2 Å². The molecule has 3 unspecified atom stereocenters. The van der Waals surface area contributed by atoms with Crippen molar-refractivity contribution in [3.8, 4) is 11.5 Å². The van der Waals surface area contributed by atoms with Gasteiger partial charge in [-0.15, -0.1) is 0 Å². The molecular weight excluding hydrogens is 404 g/mol. The Labute approximate surface area is 189 Å². The number of hydrogen-bond donors (Lipinski definition) is 0. The number of benzene rings is 1. The quantitative estimate of drug-likeness (QED) is 0.661. The van der Waals surface area contributed by atoms with Gasteiger partial charge in [0.15, 0.2) is 0 Å². The van der Waals surface area contributed by atoms with Crippen molar-refractivity contribution in [1.82, 2.24) is 9.47 Å². The second-order valence-corrected chi connectivity index (χ2v) is 9.65. The van der Waals surface area contributed by atoms with Crippen LogP contribution in [-0.4, -0.2) is 42.2 Å². The lowest BCUT2D eigenvalue weighted by Crippen LogP contribution is -2.45. The normalized spacial score (nSPS) is 24.3. The van der Waals surface area contributed by atoms with Crippen LogP contribution in [0, 0.1) is 17.3 Å². The first kappa shape index (κ1) is 22.2. The lowest BCUT2D eigenvalue weighted by Gasteiger charge is -2.42. The fourth-order valence-electron chi connectivity index (χ4n) is 5.37. The van der Waals surface area contributed by atoms with E-state index in [1.54, 1.807) is 50.8 Å². The maximum absolute atomic E-state index is 14.0. The Bertz CT molecular complexity index is 1100. The van der Waals surface area contributed by atoms with E-state index in [0.717, 1.165) is 19.4 Å². The van der Waals surface area contributed by atoms with E-state index in [-0.39, 0.29) is 22.9 Å². The van der Waals surface area contributed by atoms with Crippen LogP contribution < -0.4 is 15.0 Å². The van der Waals surface area contributed by atoms with E-state index in [4.69, 9.17) is 9.47 Å². The van der Waals surface area contributed by atoms with E-state index in [0.29, 0.717) is 34.6 Å². The molecule has 1 aliphatic heterocycles. The van der Waals surface area contributed by atoms with E-state index in [2.05, 4.69) is 20.8 Å². The molecule has 3 atom stereocenters. The molecule has 6 nitrogen and oxygen atoms in total. The summed E-state index contributed by atoms with van der Waals surface area (Å²) in [6.07, 6.45) is 5.52. The average Bonchev–Trinajstić information content (AvgIpc) is 3.15. The maximum atomic E-state index is 14.0.